The molecule has 1 N–H and O–H groups in total. The smallest absolute Gasteiger partial charge is 0.326 e. The topological polar surface area (TPSA) is 72.5 Å². The van der Waals surface area contributed by atoms with Crippen molar-refractivity contribution >= 4 is 28.4 Å². The minimum absolute atomic E-state index is 0.283. The number of ether oxygens (including phenoxy) is 1. The molecule has 142 valence electrons. The Bertz CT molecular complexity index is 1020. The van der Waals surface area contributed by atoms with Gasteiger partial charge in [0.25, 0.3) is 5.91 Å². The number of fused-ring (bicyclic) bond motifs is 1. The third kappa shape index (κ3) is 4.62. The minimum atomic E-state index is -0.923. The second kappa shape index (κ2) is 8.48. The number of carbonyl (C=O) groups is 3. The number of esters is 1. The van der Waals surface area contributed by atoms with E-state index in [2.05, 4.69) is 5.32 Å². The zero-order valence-corrected chi connectivity index (χ0v) is 15.8. The summed E-state index contributed by atoms with van der Waals surface area (Å²) in [5, 5.41) is 4.50. The summed E-state index contributed by atoms with van der Waals surface area (Å²) in [6.45, 7) is 3.14. The third-order valence-corrected chi connectivity index (χ3v) is 4.42. The van der Waals surface area contributed by atoms with E-state index in [9.17, 15) is 14.4 Å². The lowest BCUT2D eigenvalue weighted by Gasteiger charge is -2.13. The van der Waals surface area contributed by atoms with Gasteiger partial charge in [0, 0.05) is 11.1 Å². The van der Waals surface area contributed by atoms with E-state index in [1.165, 1.54) is 6.92 Å². The Hall–Kier alpha value is -3.47. The van der Waals surface area contributed by atoms with Crippen molar-refractivity contribution in [2.45, 2.75) is 20.0 Å². The summed E-state index contributed by atoms with van der Waals surface area (Å²) in [7, 11) is 0. The van der Waals surface area contributed by atoms with Crippen LogP contribution >= 0.6 is 0 Å². The van der Waals surface area contributed by atoms with Gasteiger partial charge < -0.3 is 10.1 Å². The summed E-state index contributed by atoms with van der Waals surface area (Å²) in [4.78, 5) is 36.6. The number of carbonyl (C=O) groups excluding carboxylic acids is 3. The van der Waals surface area contributed by atoms with Crippen LogP contribution in [0.4, 0.5) is 0 Å². The van der Waals surface area contributed by atoms with Crippen molar-refractivity contribution in [3.63, 3.8) is 0 Å². The number of hydrogen-bond donors (Lipinski definition) is 1. The quantitative estimate of drug-likeness (QED) is 0.527. The molecule has 5 heteroatoms. The van der Waals surface area contributed by atoms with E-state index in [-0.39, 0.29) is 18.2 Å². The lowest BCUT2D eigenvalue weighted by molar-refractivity contribution is -0.145. The van der Waals surface area contributed by atoms with Gasteiger partial charge in [-0.2, -0.15) is 0 Å². The van der Waals surface area contributed by atoms with E-state index < -0.39 is 12.1 Å². The largest absolute Gasteiger partial charge is 0.453 e. The first-order valence-electron chi connectivity index (χ1n) is 9.01. The van der Waals surface area contributed by atoms with Crippen LogP contribution in [0.5, 0.6) is 0 Å². The Kier molecular flexibility index (Phi) is 5.84. The maximum atomic E-state index is 12.3. The van der Waals surface area contributed by atoms with Crippen molar-refractivity contribution < 1.29 is 19.1 Å². The van der Waals surface area contributed by atoms with E-state index in [1.807, 2.05) is 49.4 Å². The fraction of sp³-hybridized carbons (Fsp3) is 0.174. The number of nitrogens with one attached hydrogen (secondary N) is 1. The van der Waals surface area contributed by atoms with Crippen molar-refractivity contribution in [3.05, 3.63) is 83.4 Å². The maximum Gasteiger partial charge on any atom is 0.326 e. The molecule has 0 aliphatic heterocycles. The van der Waals surface area contributed by atoms with E-state index in [4.69, 9.17) is 4.74 Å². The fourth-order valence-corrected chi connectivity index (χ4v) is 2.83. The average Bonchev–Trinajstić information content (AvgIpc) is 2.71. The Morgan fingerprint density at radius 2 is 1.54 bits per heavy atom. The van der Waals surface area contributed by atoms with Gasteiger partial charge in [0.2, 0.25) is 5.78 Å². The summed E-state index contributed by atoms with van der Waals surface area (Å²) >= 11 is 0. The molecular formula is C23H21NO4. The highest BCUT2D eigenvalue weighted by molar-refractivity contribution is 6.01. The van der Waals surface area contributed by atoms with Crippen LogP contribution < -0.4 is 5.32 Å². The summed E-state index contributed by atoms with van der Waals surface area (Å²) in [5.41, 5.74) is 1.97. The first-order valence-corrected chi connectivity index (χ1v) is 9.01. The summed E-state index contributed by atoms with van der Waals surface area (Å²) in [5.74, 6) is -1.32. The van der Waals surface area contributed by atoms with Gasteiger partial charge in [0.15, 0.2) is 6.10 Å². The zero-order valence-electron chi connectivity index (χ0n) is 15.8. The van der Waals surface area contributed by atoms with E-state index in [0.717, 1.165) is 16.3 Å². The van der Waals surface area contributed by atoms with Crippen molar-refractivity contribution in [3.8, 4) is 0 Å². The number of Topliss-reactive ketones (excluding diaryl/α,β-unsaturated/α-hetero) is 1. The monoisotopic (exact) mass is 375 g/mol. The predicted molar refractivity (Wildman–Crippen MR) is 107 cm³/mol. The molecular weight excluding hydrogens is 354 g/mol. The molecule has 3 aromatic carbocycles. The lowest BCUT2D eigenvalue weighted by atomic mass is 10.1. The highest BCUT2D eigenvalue weighted by atomic mass is 16.5. The molecule has 0 aliphatic carbocycles. The molecule has 5 nitrogen and oxygen atoms in total. The van der Waals surface area contributed by atoms with Gasteiger partial charge in [-0.3, -0.25) is 14.4 Å². The van der Waals surface area contributed by atoms with Crippen LogP contribution in [-0.4, -0.2) is 30.3 Å². The number of hydrogen-bond acceptors (Lipinski definition) is 4. The van der Waals surface area contributed by atoms with Crippen molar-refractivity contribution in [1.29, 1.82) is 0 Å². The molecule has 0 saturated carbocycles. The van der Waals surface area contributed by atoms with Gasteiger partial charge in [-0.1, -0.05) is 60.2 Å². The summed E-state index contributed by atoms with van der Waals surface area (Å²) in [6, 6.07) is 20.1. The number of aryl methyl sites for hydroxylation is 1. The maximum absolute atomic E-state index is 12.3. The molecule has 0 radical (unpaired) electrons. The van der Waals surface area contributed by atoms with Crippen LogP contribution in [0, 0.1) is 6.92 Å². The fourth-order valence-electron chi connectivity index (χ4n) is 2.83. The van der Waals surface area contributed by atoms with Crippen LogP contribution in [0.2, 0.25) is 0 Å². The second-order valence-electron chi connectivity index (χ2n) is 6.61. The molecule has 0 bridgehead atoms. The molecule has 0 heterocycles. The normalized spacial score (nSPS) is 11.6. The van der Waals surface area contributed by atoms with Gasteiger partial charge in [-0.25, -0.2) is 0 Å². The Labute approximate surface area is 163 Å². The predicted octanol–water partition coefficient (Wildman–Crippen LogP) is 3.69. The van der Waals surface area contributed by atoms with Crippen LogP contribution in [-0.2, 0) is 9.53 Å². The van der Waals surface area contributed by atoms with Gasteiger partial charge in [0.1, 0.15) is 6.54 Å². The minimum Gasteiger partial charge on any atom is -0.453 e. The second-order valence-corrected chi connectivity index (χ2v) is 6.61. The van der Waals surface area contributed by atoms with Crippen LogP contribution in [0.3, 0.4) is 0 Å². The lowest BCUT2D eigenvalue weighted by Crippen LogP contribution is -2.34. The number of rotatable bonds is 6. The SMILES string of the molecule is Cc1ccc(C(=O)[C@@H](C)OC(=O)CNC(=O)c2ccc3ccccc3c2)cc1. The first-order chi connectivity index (χ1) is 13.4. The standard InChI is InChI=1S/C23H21NO4/c1-15-7-9-18(10-8-15)22(26)16(2)28-21(25)14-24-23(27)20-12-11-17-5-3-4-6-19(17)13-20/h3-13,16H,14H2,1-2H3,(H,24,27)/t16-/m1/s1. The summed E-state index contributed by atoms with van der Waals surface area (Å²) < 4.78 is 5.15. The zero-order chi connectivity index (χ0) is 20.1. The van der Waals surface area contributed by atoms with E-state index in [0.29, 0.717) is 11.1 Å². The first kappa shape index (κ1) is 19.3. The van der Waals surface area contributed by atoms with Gasteiger partial charge in [-0.15, -0.1) is 0 Å². The van der Waals surface area contributed by atoms with Gasteiger partial charge in [0.05, 0.1) is 0 Å². The van der Waals surface area contributed by atoms with Crippen molar-refractivity contribution in [2.24, 2.45) is 0 Å². The highest BCUT2D eigenvalue weighted by Crippen LogP contribution is 2.15. The highest BCUT2D eigenvalue weighted by Gasteiger charge is 2.20. The molecule has 0 aromatic heterocycles. The molecule has 28 heavy (non-hydrogen) atoms. The van der Waals surface area contributed by atoms with Gasteiger partial charge in [-0.05, 0) is 36.8 Å². The van der Waals surface area contributed by atoms with Crippen LogP contribution in [0.1, 0.15) is 33.2 Å². The molecule has 0 spiro atoms. The van der Waals surface area contributed by atoms with Crippen molar-refractivity contribution in [2.75, 3.05) is 6.54 Å². The molecule has 0 fully saturated rings. The third-order valence-electron chi connectivity index (χ3n) is 4.42. The number of ketones is 1. The molecule has 0 aliphatic rings. The molecule has 1 amide bonds. The van der Waals surface area contributed by atoms with Crippen molar-refractivity contribution in [1.82, 2.24) is 5.32 Å². The Morgan fingerprint density at radius 3 is 2.25 bits per heavy atom. The number of benzene rings is 3. The molecule has 3 rings (SSSR count). The molecule has 1 atom stereocenters. The summed E-state index contributed by atoms with van der Waals surface area (Å²) in [6.07, 6.45) is -0.923. The molecule has 0 unspecified atom stereocenters. The average molecular weight is 375 g/mol. The van der Waals surface area contributed by atoms with Crippen LogP contribution in [0.25, 0.3) is 10.8 Å². The number of amides is 1. The Morgan fingerprint density at radius 1 is 0.893 bits per heavy atom. The van der Waals surface area contributed by atoms with Gasteiger partial charge >= 0.3 is 5.97 Å². The van der Waals surface area contributed by atoms with E-state index in [1.54, 1.807) is 24.3 Å². The van der Waals surface area contributed by atoms with Crippen LogP contribution in [0.15, 0.2) is 66.7 Å². The molecule has 3 aromatic rings. The molecule has 0 saturated heterocycles. The van der Waals surface area contributed by atoms with E-state index >= 15 is 0 Å². The Balaban J connectivity index is 1.54.